The first-order chi connectivity index (χ1) is 14.3. The topological polar surface area (TPSA) is 106 Å². The lowest BCUT2D eigenvalue weighted by Gasteiger charge is -2.27. The number of rotatable bonds is 4. The molecule has 0 radical (unpaired) electrons. The molecule has 2 aromatic rings. The van der Waals surface area contributed by atoms with Crippen molar-refractivity contribution in [1.29, 1.82) is 0 Å². The quantitative estimate of drug-likeness (QED) is 0.623. The molecule has 2 atom stereocenters. The average Bonchev–Trinajstić information content (AvgIpc) is 2.90. The summed E-state index contributed by atoms with van der Waals surface area (Å²) in [6.07, 6.45) is -1.51. The highest BCUT2D eigenvalue weighted by Gasteiger charge is 2.43. The van der Waals surface area contributed by atoms with Crippen molar-refractivity contribution in [3.63, 3.8) is 0 Å². The Morgan fingerprint density at radius 3 is 1.47 bits per heavy atom. The number of carbonyl (C=O) groups excluding carboxylic acids is 3. The van der Waals surface area contributed by atoms with Crippen LogP contribution in [-0.4, -0.2) is 54.3 Å². The Morgan fingerprint density at radius 2 is 1.10 bits per heavy atom. The monoisotopic (exact) mass is 410 g/mol. The predicted octanol–water partition coefficient (Wildman–Crippen LogP) is 2.90. The molecule has 0 saturated carbocycles. The zero-order valence-electron chi connectivity index (χ0n) is 17.4. The minimum atomic E-state index is -0.755. The van der Waals surface area contributed by atoms with Crippen LogP contribution in [0.1, 0.15) is 11.1 Å². The van der Waals surface area contributed by atoms with Gasteiger partial charge in [-0.25, -0.2) is 14.4 Å². The molecular weight excluding hydrogens is 384 g/mol. The van der Waals surface area contributed by atoms with Crippen molar-refractivity contribution < 1.29 is 14.4 Å². The van der Waals surface area contributed by atoms with Gasteiger partial charge in [0, 0.05) is 25.5 Å². The van der Waals surface area contributed by atoms with Crippen molar-refractivity contribution in [3.8, 4) is 0 Å². The fraction of sp³-hybridized carbons (Fsp3) is 0.286. The average molecular weight is 410 g/mol. The van der Waals surface area contributed by atoms with Crippen LogP contribution in [0, 0.1) is 13.8 Å². The second-order valence-electron chi connectivity index (χ2n) is 7.22. The molecule has 0 aromatic heterocycles. The molecule has 9 heteroatoms. The van der Waals surface area contributed by atoms with Gasteiger partial charge in [-0.2, -0.15) is 0 Å². The second-order valence-corrected chi connectivity index (χ2v) is 7.22. The Bertz CT molecular complexity index is 888. The fourth-order valence-electron chi connectivity index (χ4n) is 3.27. The Balaban J connectivity index is 1.69. The van der Waals surface area contributed by atoms with Gasteiger partial charge in [0.25, 0.3) is 0 Å². The van der Waals surface area contributed by atoms with Gasteiger partial charge in [0.2, 0.25) is 0 Å². The van der Waals surface area contributed by atoms with Gasteiger partial charge in [0.05, 0.1) is 0 Å². The van der Waals surface area contributed by atoms with Crippen molar-refractivity contribution in [1.82, 2.24) is 20.4 Å². The van der Waals surface area contributed by atoms with Crippen molar-refractivity contribution >= 4 is 29.5 Å². The Hall–Kier alpha value is -3.75. The van der Waals surface area contributed by atoms with Gasteiger partial charge >= 0.3 is 18.1 Å². The highest BCUT2D eigenvalue weighted by molar-refractivity contribution is 5.92. The third-order valence-electron chi connectivity index (χ3n) is 5.08. The molecule has 9 nitrogen and oxygen atoms in total. The minimum absolute atomic E-state index is 0.322. The number of aryl methyl sites for hydroxylation is 2. The van der Waals surface area contributed by atoms with Gasteiger partial charge in [-0.05, 0) is 37.1 Å². The summed E-state index contributed by atoms with van der Waals surface area (Å²) < 4.78 is 0. The van der Waals surface area contributed by atoms with Crippen LogP contribution in [-0.2, 0) is 0 Å². The maximum atomic E-state index is 12.5. The number of nitrogens with one attached hydrogen (secondary N) is 4. The van der Waals surface area contributed by atoms with Gasteiger partial charge in [0.1, 0.15) is 12.3 Å². The summed E-state index contributed by atoms with van der Waals surface area (Å²) in [5.41, 5.74) is 3.15. The minimum Gasteiger partial charge on any atom is -0.314 e. The van der Waals surface area contributed by atoms with Crippen LogP contribution < -0.4 is 21.3 Å². The third kappa shape index (κ3) is 4.45. The van der Waals surface area contributed by atoms with E-state index in [2.05, 4.69) is 21.3 Å². The van der Waals surface area contributed by atoms with Crippen LogP contribution in [0.3, 0.4) is 0 Å². The molecule has 1 aliphatic rings. The van der Waals surface area contributed by atoms with E-state index in [0.29, 0.717) is 11.4 Å². The van der Waals surface area contributed by atoms with Crippen molar-refractivity contribution in [3.05, 3.63) is 59.7 Å². The van der Waals surface area contributed by atoms with Crippen LogP contribution in [0.25, 0.3) is 0 Å². The van der Waals surface area contributed by atoms with Crippen LogP contribution in [0.2, 0.25) is 0 Å². The predicted molar refractivity (Wildman–Crippen MR) is 115 cm³/mol. The molecule has 30 heavy (non-hydrogen) atoms. The van der Waals surface area contributed by atoms with E-state index in [0.717, 1.165) is 11.1 Å². The molecule has 0 aliphatic carbocycles. The van der Waals surface area contributed by atoms with Crippen molar-refractivity contribution in [2.75, 3.05) is 24.7 Å². The number of para-hydroxylation sites is 2. The number of benzene rings is 2. The normalized spacial score (nSPS) is 18.2. The zero-order chi connectivity index (χ0) is 21.8. The first-order valence-electron chi connectivity index (χ1n) is 9.54. The molecule has 1 saturated heterocycles. The van der Waals surface area contributed by atoms with Gasteiger partial charge < -0.3 is 31.1 Å². The van der Waals surface area contributed by atoms with E-state index in [1.165, 1.54) is 9.80 Å². The second kappa shape index (κ2) is 8.73. The molecule has 4 N–H and O–H groups in total. The van der Waals surface area contributed by atoms with E-state index in [4.69, 9.17) is 0 Å². The summed E-state index contributed by atoms with van der Waals surface area (Å²) in [5.74, 6) is 0. The molecule has 3 rings (SSSR count). The molecule has 2 aromatic carbocycles. The lowest BCUT2D eigenvalue weighted by atomic mass is 10.2. The van der Waals surface area contributed by atoms with Crippen LogP contribution in [0.4, 0.5) is 25.8 Å². The van der Waals surface area contributed by atoms with E-state index in [9.17, 15) is 14.4 Å². The van der Waals surface area contributed by atoms with Crippen molar-refractivity contribution in [2.24, 2.45) is 0 Å². The highest BCUT2D eigenvalue weighted by Crippen LogP contribution is 2.18. The van der Waals surface area contributed by atoms with Crippen LogP contribution >= 0.6 is 0 Å². The van der Waals surface area contributed by atoms with E-state index >= 15 is 0 Å². The first-order valence-corrected chi connectivity index (χ1v) is 9.54. The number of hydrogen-bond acceptors (Lipinski definition) is 3. The van der Waals surface area contributed by atoms with E-state index < -0.39 is 24.4 Å². The summed E-state index contributed by atoms with van der Waals surface area (Å²) in [6, 6.07) is 13.5. The first kappa shape index (κ1) is 21.0. The maximum Gasteiger partial charge on any atom is 0.323 e. The smallest absolute Gasteiger partial charge is 0.314 e. The molecule has 0 unspecified atom stereocenters. The Morgan fingerprint density at radius 1 is 0.733 bits per heavy atom. The third-order valence-corrected chi connectivity index (χ3v) is 5.08. The summed E-state index contributed by atoms with van der Waals surface area (Å²) in [4.78, 5) is 40.2. The highest BCUT2D eigenvalue weighted by atomic mass is 16.2. The zero-order valence-corrected chi connectivity index (χ0v) is 17.4. The van der Waals surface area contributed by atoms with E-state index in [1.54, 1.807) is 26.2 Å². The standard InChI is InChI=1S/C21H26N6O3/c1-13-9-5-7-11-15(13)22-19(28)24-17-18(27(4)21(30)26(17)3)25-20(29)23-16-12-8-6-10-14(16)2/h5-12,17-18H,1-4H3,(H2,22,24,28)(H2,23,25,29)/t17-,18+. The molecule has 0 spiro atoms. The largest absolute Gasteiger partial charge is 0.323 e. The van der Waals surface area contributed by atoms with Gasteiger partial charge in [0.15, 0.2) is 0 Å². The van der Waals surface area contributed by atoms with Crippen LogP contribution in [0.15, 0.2) is 48.5 Å². The number of carbonyl (C=O) groups is 3. The molecule has 1 aliphatic heterocycles. The molecule has 6 amide bonds. The summed E-state index contributed by atoms with van der Waals surface area (Å²) in [6.45, 7) is 3.77. The van der Waals surface area contributed by atoms with E-state index in [1.807, 2.05) is 50.2 Å². The Labute approximate surface area is 175 Å². The number of likely N-dealkylation sites (N-methyl/N-ethyl adjacent to an activating group) is 2. The van der Waals surface area contributed by atoms with Gasteiger partial charge in [-0.15, -0.1) is 0 Å². The number of nitrogens with zero attached hydrogens (tertiary/aromatic N) is 2. The number of amides is 6. The SMILES string of the molecule is Cc1ccccc1NC(=O)N[C@@H]1[C@H](NC(=O)Nc2ccccc2C)N(C)C(=O)N1C. The molecular formula is C21H26N6O3. The summed E-state index contributed by atoms with van der Waals surface area (Å²) >= 11 is 0. The summed E-state index contributed by atoms with van der Waals surface area (Å²) in [5, 5.41) is 11.1. The summed E-state index contributed by atoms with van der Waals surface area (Å²) in [7, 11) is 3.14. The van der Waals surface area contributed by atoms with Gasteiger partial charge in [-0.1, -0.05) is 36.4 Å². The van der Waals surface area contributed by atoms with Gasteiger partial charge in [-0.3, -0.25) is 0 Å². The number of urea groups is 3. The van der Waals surface area contributed by atoms with Crippen LogP contribution in [0.5, 0.6) is 0 Å². The number of anilines is 2. The van der Waals surface area contributed by atoms with Crippen molar-refractivity contribution in [2.45, 2.75) is 26.2 Å². The number of hydrogen-bond donors (Lipinski definition) is 4. The molecule has 158 valence electrons. The van der Waals surface area contributed by atoms with E-state index in [-0.39, 0.29) is 6.03 Å². The molecule has 1 fully saturated rings. The molecule has 1 heterocycles. The Kier molecular flexibility index (Phi) is 6.10. The lowest BCUT2D eigenvalue weighted by molar-refractivity contribution is 0.197. The fourth-order valence-corrected chi connectivity index (χ4v) is 3.27. The molecule has 0 bridgehead atoms. The lowest BCUT2D eigenvalue weighted by Crippen LogP contribution is -2.57. The maximum absolute atomic E-state index is 12.5.